The summed E-state index contributed by atoms with van der Waals surface area (Å²) in [5, 5.41) is 2.85. The summed E-state index contributed by atoms with van der Waals surface area (Å²) in [4.78, 5) is 19.9. The summed E-state index contributed by atoms with van der Waals surface area (Å²) in [7, 11) is 0. The van der Waals surface area contributed by atoms with Gasteiger partial charge in [0, 0.05) is 18.7 Å². The lowest BCUT2D eigenvalue weighted by Crippen LogP contribution is -2.34. The number of rotatable bonds is 4. The number of nitrogens with one attached hydrogen (secondary N) is 1. The van der Waals surface area contributed by atoms with E-state index in [0.717, 1.165) is 11.5 Å². The van der Waals surface area contributed by atoms with Crippen LogP contribution in [0.5, 0.6) is 0 Å². The molecule has 2 aromatic heterocycles. The van der Waals surface area contributed by atoms with Crippen molar-refractivity contribution in [2.75, 3.05) is 0 Å². The van der Waals surface area contributed by atoms with E-state index in [0.29, 0.717) is 12.1 Å². The number of nitrogens with zero attached hydrogens (tertiary/aromatic N) is 2. The van der Waals surface area contributed by atoms with Crippen LogP contribution < -0.4 is 5.32 Å². The maximum atomic E-state index is 11.9. The lowest BCUT2D eigenvalue weighted by molar-refractivity contribution is 0.0934. The lowest BCUT2D eigenvalue weighted by Gasteiger charge is -2.11. The van der Waals surface area contributed by atoms with Crippen LogP contribution in [0.2, 0.25) is 0 Å². The molecule has 0 radical (unpaired) electrons. The first-order valence-electron chi connectivity index (χ1n) is 5.77. The second kappa shape index (κ2) is 5.44. The van der Waals surface area contributed by atoms with Crippen LogP contribution >= 0.6 is 0 Å². The molecular formula is C13H15N3O2. The highest BCUT2D eigenvalue weighted by molar-refractivity contribution is 5.92. The van der Waals surface area contributed by atoms with Gasteiger partial charge in [-0.15, -0.1) is 0 Å². The molecule has 0 aliphatic heterocycles. The standard InChI is InChI=1S/C13H15N3O2/c1-9(6-11-4-3-5-18-11)16-13(17)12-8-14-10(2)7-15-12/h3-5,7-9H,6H2,1-2H3,(H,16,17)/t9-/m0/s1. The number of hydrogen-bond donors (Lipinski definition) is 1. The average Bonchev–Trinajstić information content (AvgIpc) is 2.82. The molecule has 5 nitrogen and oxygen atoms in total. The molecule has 2 heterocycles. The van der Waals surface area contributed by atoms with Gasteiger partial charge in [-0.2, -0.15) is 0 Å². The van der Waals surface area contributed by atoms with Gasteiger partial charge in [0.1, 0.15) is 11.5 Å². The van der Waals surface area contributed by atoms with Crippen LogP contribution in [0.25, 0.3) is 0 Å². The lowest BCUT2D eigenvalue weighted by atomic mass is 10.2. The van der Waals surface area contributed by atoms with Crippen LogP contribution in [0.4, 0.5) is 0 Å². The van der Waals surface area contributed by atoms with E-state index in [1.807, 2.05) is 26.0 Å². The predicted octanol–water partition coefficient (Wildman–Crippen LogP) is 1.74. The van der Waals surface area contributed by atoms with Gasteiger partial charge in [0.15, 0.2) is 0 Å². The molecule has 94 valence electrons. The van der Waals surface area contributed by atoms with E-state index in [2.05, 4.69) is 15.3 Å². The maximum absolute atomic E-state index is 11.9. The van der Waals surface area contributed by atoms with Crippen LogP contribution in [-0.2, 0) is 6.42 Å². The molecule has 18 heavy (non-hydrogen) atoms. The summed E-state index contributed by atoms with van der Waals surface area (Å²) >= 11 is 0. The number of aryl methyl sites for hydroxylation is 1. The zero-order valence-corrected chi connectivity index (χ0v) is 10.4. The molecule has 1 atom stereocenters. The Kier molecular flexibility index (Phi) is 3.72. The van der Waals surface area contributed by atoms with Crippen molar-refractivity contribution in [2.24, 2.45) is 0 Å². The van der Waals surface area contributed by atoms with Gasteiger partial charge in [0.2, 0.25) is 0 Å². The Balaban J connectivity index is 1.92. The van der Waals surface area contributed by atoms with Gasteiger partial charge < -0.3 is 9.73 Å². The van der Waals surface area contributed by atoms with Crippen molar-refractivity contribution >= 4 is 5.91 Å². The summed E-state index contributed by atoms with van der Waals surface area (Å²) in [6.45, 7) is 3.75. The molecule has 2 rings (SSSR count). The van der Waals surface area contributed by atoms with Crippen molar-refractivity contribution in [1.82, 2.24) is 15.3 Å². The Morgan fingerprint density at radius 3 is 2.89 bits per heavy atom. The summed E-state index contributed by atoms with van der Waals surface area (Å²) < 4.78 is 5.23. The summed E-state index contributed by atoms with van der Waals surface area (Å²) in [6.07, 6.45) is 5.32. The maximum Gasteiger partial charge on any atom is 0.271 e. The third kappa shape index (κ3) is 3.16. The number of furan rings is 1. The quantitative estimate of drug-likeness (QED) is 0.890. The van der Waals surface area contributed by atoms with E-state index in [1.165, 1.54) is 6.20 Å². The Hall–Kier alpha value is -2.17. The minimum atomic E-state index is -0.221. The first kappa shape index (κ1) is 12.3. The fourth-order valence-electron chi connectivity index (χ4n) is 1.59. The summed E-state index contributed by atoms with van der Waals surface area (Å²) in [5.74, 6) is 0.624. The predicted molar refractivity (Wildman–Crippen MR) is 66.1 cm³/mol. The number of carbonyl (C=O) groups excluding carboxylic acids is 1. The van der Waals surface area contributed by atoms with Crippen LogP contribution in [0.1, 0.15) is 28.9 Å². The molecule has 0 saturated heterocycles. The minimum Gasteiger partial charge on any atom is -0.469 e. The minimum absolute atomic E-state index is 0.0215. The molecule has 1 N–H and O–H groups in total. The van der Waals surface area contributed by atoms with Crippen molar-refractivity contribution in [3.05, 3.63) is 47.9 Å². The largest absolute Gasteiger partial charge is 0.469 e. The van der Waals surface area contributed by atoms with Crippen molar-refractivity contribution in [1.29, 1.82) is 0 Å². The van der Waals surface area contributed by atoms with Crippen molar-refractivity contribution in [2.45, 2.75) is 26.3 Å². The topological polar surface area (TPSA) is 68.0 Å². The SMILES string of the molecule is Cc1cnc(C(=O)N[C@@H](C)Cc2ccco2)cn1. The summed E-state index contributed by atoms with van der Waals surface area (Å²) in [6, 6.07) is 3.69. The normalized spacial score (nSPS) is 12.1. The van der Waals surface area contributed by atoms with Gasteiger partial charge >= 0.3 is 0 Å². The molecule has 2 aromatic rings. The van der Waals surface area contributed by atoms with Gasteiger partial charge in [-0.25, -0.2) is 4.98 Å². The van der Waals surface area contributed by atoms with E-state index in [4.69, 9.17) is 4.42 Å². The van der Waals surface area contributed by atoms with E-state index in [-0.39, 0.29) is 11.9 Å². The van der Waals surface area contributed by atoms with Crippen molar-refractivity contribution in [3.8, 4) is 0 Å². The van der Waals surface area contributed by atoms with Crippen LogP contribution in [0, 0.1) is 6.92 Å². The van der Waals surface area contributed by atoms with Crippen molar-refractivity contribution < 1.29 is 9.21 Å². The summed E-state index contributed by atoms with van der Waals surface area (Å²) in [5.41, 5.74) is 1.11. The molecule has 1 amide bonds. The number of amides is 1. The van der Waals surface area contributed by atoms with Gasteiger partial charge in [0.05, 0.1) is 18.2 Å². The third-order valence-corrected chi connectivity index (χ3v) is 2.48. The molecule has 0 aromatic carbocycles. The third-order valence-electron chi connectivity index (χ3n) is 2.48. The molecule has 5 heteroatoms. The molecule has 0 unspecified atom stereocenters. The monoisotopic (exact) mass is 245 g/mol. The Morgan fingerprint density at radius 2 is 2.28 bits per heavy atom. The molecule has 0 fully saturated rings. The molecule has 0 spiro atoms. The Morgan fingerprint density at radius 1 is 1.44 bits per heavy atom. The second-order valence-electron chi connectivity index (χ2n) is 4.20. The Bertz CT molecular complexity index is 506. The van der Waals surface area contributed by atoms with Crippen LogP contribution in [0.15, 0.2) is 35.2 Å². The van der Waals surface area contributed by atoms with E-state index in [9.17, 15) is 4.79 Å². The van der Waals surface area contributed by atoms with Crippen LogP contribution in [-0.4, -0.2) is 21.9 Å². The molecule has 0 bridgehead atoms. The first-order valence-corrected chi connectivity index (χ1v) is 5.77. The number of aromatic nitrogens is 2. The first-order chi connectivity index (χ1) is 8.65. The van der Waals surface area contributed by atoms with Gasteiger partial charge in [0.25, 0.3) is 5.91 Å². The number of hydrogen-bond acceptors (Lipinski definition) is 4. The van der Waals surface area contributed by atoms with Crippen LogP contribution in [0.3, 0.4) is 0 Å². The second-order valence-corrected chi connectivity index (χ2v) is 4.20. The molecule has 0 aliphatic carbocycles. The molecule has 0 saturated carbocycles. The Labute approximate surface area is 105 Å². The van der Waals surface area contributed by atoms with E-state index >= 15 is 0 Å². The average molecular weight is 245 g/mol. The smallest absolute Gasteiger partial charge is 0.271 e. The van der Waals surface area contributed by atoms with Gasteiger partial charge in [-0.3, -0.25) is 9.78 Å². The highest BCUT2D eigenvalue weighted by Crippen LogP contribution is 2.04. The van der Waals surface area contributed by atoms with Gasteiger partial charge in [-0.05, 0) is 26.0 Å². The van der Waals surface area contributed by atoms with Crippen molar-refractivity contribution in [3.63, 3.8) is 0 Å². The molecule has 0 aliphatic rings. The fourth-order valence-corrected chi connectivity index (χ4v) is 1.59. The zero-order chi connectivity index (χ0) is 13.0. The highest BCUT2D eigenvalue weighted by Gasteiger charge is 2.12. The van der Waals surface area contributed by atoms with Gasteiger partial charge in [-0.1, -0.05) is 0 Å². The highest BCUT2D eigenvalue weighted by atomic mass is 16.3. The zero-order valence-electron chi connectivity index (χ0n) is 10.4. The fraction of sp³-hybridized carbons (Fsp3) is 0.308. The van der Waals surface area contributed by atoms with E-state index in [1.54, 1.807) is 12.5 Å². The molecular weight excluding hydrogens is 230 g/mol. The number of carbonyl (C=O) groups is 1. The van der Waals surface area contributed by atoms with E-state index < -0.39 is 0 Å².